The Morgan fingerprint density at radius 1 is 0.415 bits per heavy atom. The number of rotatable bonds is 8. The third-order valence-corrected chi connectivity index (χ3v) is 14.7. The Kier molecular flexibility index (Phi) is 7.59. The molecule has 0 heterocycles. The highest BCUT2D eigenvalue weighted by Gasteiger charge is 2.56. The summed E-state index contributed by atoms with van der Waals surface area (Å²) in [5, 5.41) is 0. The molecule has 6 heteroatoms. The number of hydrogen-bond donors (Lipinski definition) is 3. The third-order valence-electron chi connectivity index (χ3n) is 14.7. The molecule has 6 nitrogen and oxygen atoms in total. The van der Waals surface area contributed by atoms with Gasteiger partial charge in [0.1, 0.15) is 17.2 Å². The Bertz CT molecular complexity index is 1930. The number of anilines is 3. The second-order valence-electron chi connectivity index (χ2n) is 18.7. The van der Waals surface area contributed by atoms with Crippen molar-refractivity contribution in [2.75, 3.05) is 17.2 Å². The van der Waals surface area contributed by atoms with E-state index in [1.165, 1.54) is 88.2 Å². The van der Waals surface area contributed by atoms with E-state index in [0.29, 0.717) is 28.6 Å². The average molecular weight is 710 g/mol. The van der Waals surface area contributed by atoms with E-state index in [0.717, 1.165) is 75.2 Å². The molecule has 0 aliphatic heterocycles. The van der Waals surface area contributed by atoms with Crippen LogP contribution in [0, 0.1) is 56.3 Å². The lowest BCUT2D eigenvalue weighted by molar-refractivity contribution is -0.00960. The van der Waals surface area contributed by atoms with Crippen molar-refractivity contribution in [2.45, 2.75) is 109 Å². The molecule has 12 rings (SSSR count). The summed E-state index contributed by atoms with van der Waals surface area (Å²) in [7, 11) is 0. The summed E-state index contributed by atoms with van der Waals surface area (Å²) in [4.78, 5) is 0. The molecule has 8 fully saturated rings. The first-order valence-corrected chi connectivity index (χ1v) is 20.4. The Morgan fingerprint density at radius 3 is 1.00 bits per heavy atom. The molecule has 0 radical (unpaired) electrons. The van der Waals surface area contributed by atoms with Gasteiger partial charge in [-0.25, -0.2) is 0 Å². The number of aryl methyl sites for hydroxylation is 3. The van der Waals surface area contributed by atoms with E-state index in [2.05, 4.69) is 39.0 Å². The van der Waals surface area contributed by atoms with Gasteiger partial charge in [0.05, 0.1) is 0 Å². The SMILES string of the molecule is Cc1ccc(N)cc1Oc1c(C23CC4CC(CC(C4)C2)C3)cc(C23CC4CC(CC(C4)C2)C3)c(Oc2cc(N)ccc2C)c1Oc1cc(N)ccc1C. The molecule has 0 unspecified atom stereocenters. The van der Waals surface area contributed by atoms with Gasteiger partial charge in [0.25, 0.3) is 0 Å². The van der Waals surface area contributed by atoms with E-state index in [1.807, 2.05) is 42.5 Å². The standard InChI is InChI=1S/C47H55N3O3/c1-26-4-7-35(48)16-40(26)51-43-38(46-20-29-10-30(21-46)12-31(11-29)22-46)19-39(47-23-32-13-33(24-47)15-34(14-32)25-47)44(52-41-17-36(49)8-5-27(41)2)45(43)53-42-18-37(50)9-6-28(42)3/h4-9,16-19,29-34H,10-15,20-25,48-50H2,1-3H3. The van der Waals surface area contributed by atoms with Gasteiger partial charge in [0.15, 0.2) is 11.5 Å². The molecule has 0 atom stereocenters. The highest BCUT2D eigenvalue weighted by Crippen LogP contribution is 2.68. The highest BCUT2D eigenvalue weighted by atomic mass is 16.5. The van der Waals surface area contributed by atoms with Crippen molar-refractivity contribution in [3.05, 3.63) is 88.5 Å². The second-order valence-corrected chi connectivity index (χ2v) is 18.7. The van der Waals surface area contributed by atoms with Crippen molar-refractivity contribution in [2.24, 2.45) is 35.5 Å². The zero-order valence-corrected chi connectivity index (χ0v) is 31.7. The fraction of sp³-hybridized carbons (Fsp3) is 0.489. The van der Waals surface area contributed by atoms with Crippen LogP contribution in [0.15, 0.2) is 60.7 Å². The molecule has 8 aliphatic rings. The fourth-order valence-corrected chi connectivity index (χ4v) is 13.1. The first-order chi connectivity index (χ1) is 25.5. The Labute approximate surface area is 314 Å². The van der Waals surface area contributed by atoms with Gasteiger partial charge in [-0.05, 0) is 185 Å². The van der Waals surface area contributed by atoms with Crippen molar-refractivity contribution < 1.29 is 14.2 Å². The van der Waals surface area contributed by atoms with Gasteiger partial charge in [0, 0.05) is 46.4 Å². The van der Waals surface area contributed by atoms with Crippen LogP contribution in [0.5, 0.6) is 34.5 Å². The average Bonchev–Trinajstić information content (AvgIpc) is 3.09. The van der Waals surface area contributed by atoms with Gasteiger partial charge in [-0.1, -0.05) is 18.2 Å². The largest absolute Gasteiger partial charge is 0.453 e. The molecule has 4 aromatic carbocycles. The van der Waals surface area contributed by atoms with Crippen LogP contribution in [0.4, 0.5) is 17.1 Å². The summed E-state index contributed by atoms with van der Waals surface area (Å²) in [6.07, 6.45) is 15.4. The van der Waals surface area contributed by atoms with E-state index >= 15 is 0 Å². The van der Waals surface area contributed by atoms with Crippen molar-refractivity contribution in [1.82, 2.24) is 0 Å². The van der Waals surface area contributed by atoms with Gasteiger partial charge in [0.2, 0.25) is 5.75 Å². The lowest BCUT2D eigenvalue weighted by atomic mass is 9.46. The molecule has 276 valence electrons. The summed E-state index contributed by atoms with van der Waals surface area (Å²) >= 11 is 0. The van der Waals surface area contributed by atoms with Crippen LogP contribution in [0.2, 0.25) is 0 Å². The molecule has 8 aliphatic carbocycles. The topological polar surface area (TPSA) is 106 Å². The van der Waals surface area contributed by atoms with Crippen LogP contribution in [-0.2, 0) is 10.8 Å². The molecular formula is C47H55N3O3. The lowest BCUT2D eigenvalue weighted by Gasteiger charge is -2.59. The zero-order valence-electron chi connectivity index (χ0n) is 31.7. The Hall–Kier alpha value is -4.32. The monoisotopic (exact) mass is 709 g/mol. The quantitative estimate of drug-likeness (QED) is 0.157. The molecule has 4 aromatic rings. The zero-order chi connectivity index (χ0) is 36.2. The predicted octanol–water partition coefficient (Wildman–Crippen LogP) is 11.7. The minimum atomic E-state index is 0.0177. The van der Waals surface area contributed by atoms with E-state index < -0.39 is 0 Å². The van der Waals surface area contributed by atoms with Crippen LogP contribution in [0.3, 0.4) is 0 Å². The first-order valence-electron chi connectivity index (χ1n) is 20.4. The molecule has 0 aromatic heterocycles. The van der Waals surface area contributed by atoms with E-state index in [-0.39, 0.29) is 10.8 Å². The number of hydrogen-bond acceptors (Lipinski definition) is 6. The van der Waals surface area contributed by atoms with Crippen LogP contribution in [0.25, 0.3) is 0 Å². The number of nitrogens with two attached hydrogens (primary N) is 3. The smallest absolute Gasteiger partial charge is 0.212 e. The molecule has 8 saturated carbocycles. The number of benzene rings is 4. The number of nitrogen functional groups attached to an aromatic ring is 3. The van der Waals surface area contributed by atoms with Crippen LogP contribution in [0.1, 0.15) is 105 Å². The van der Waals surface area contributed by atoms with E-state index in [4.69, 9.17) is 31.4 Å². The van der Waals surface area contributed by atoms with Crippen LogP contribution in [-0.4, -0.2) is 0 Å². The molecule has 0 spiro atoms. The van der Waals surface area contributed by atoms with Gasteiger partial charge in [-0.3, -0.25) is 0 Å². The van der Waals surface area contributed by atoms with Crippen molar-refractivity contribution >= 4 is 17.1 Å². The molecule has 0 amide bonds. The summed E-state index contributed by atoms with van der Waals surface area (Å²) in [6.45, 7) is 6.28. The number of ether oxygens (including phenoxy) is 3. The maximum Gasteiger partial charge on any atom is 0.212 e. The molecule has 53 heavy (non-hydrogen) atoms. The van der Waals surface area contributed by atoms with E-state index in [9.17, 15) is 0 Å². The maximum absolute atomic E-state index is 7.35. The fourth-order valence-electron chi connectivity index (χ4n) is 13.1. The normalized spacial score (nSPS) is 31.9. The minimum Gasteiger partial charge on any atom is -0.453 e. The van der Waals surface area contributed by atoms with Crippen molar-refractivity contribution in [3.63, 3.8) is 0 Å². The Morgan fingerprint density at radius 2 is 0.698 bits per heavy atom. The van der Waals surface area contributed by atoms with Gasteiger partial charge >= 0.3 is 0 Å². The third kappa shape index (κ3) is 5.65. The first kappa shape index (κ1) is 33.3. The Balaban J connectivity index is 1.28. The molecule has 0 saturated heterocycles. The molecule has 6 N–H and O–H groups in total. The van der Waals surface area contributed by atoms with Gasteiger partial charge in [-0.2, -0.15) is 0 Å². The molecule has 8 bridgehead atoms. The van der Waals surface area contributed by atoms with Gasteiger partial charge < -0.3 is 31.4 Å². The van der Waals surface area contributed by atoms with Crippen molar-refractivity contribution in [1.29, 1.82) is 0 Å². The van der Waals surface area contributed by atoms with Crippen LogP contribution < -0.4 is 31.4 Å². The minimum absolute atomic E-state index is 0.0177. The van der Waals surface area contributed by atoms with Gasteiger partial charge in [-0.15, -0.1) is 0 Å². The molecular weight excluding hydrogens is 655 g/mol. The van der Waals surface area contributed by atoms with Crippen molar-refractivity contribution in [3.8, 4) is 34.5 Å². The maximum atomic E-state index is 7.35. The highest BCUT2D eigenvalue weighted by molar-refractivity contribution is 5.68. The lowest BCUT2D eigenvalue weighted by Crippen LogP contribution is -2.50. The summed E-state index contributed by atoms with van der Waals surface area (Å²) < 4.78 is 22.1. The summed E-state index contributed by atoms with van der Waals surface area (Å²) in [5.41, 5.74) is 27.1. The predicted molar refractivity (Wildman–Crippen MR) is 213 cm³/mol. The summed E-state index contributed by atoms with van der Waals surface area (Å²) in [6, 6.07) is 20.5. The van der Waals surface area contributed by atoms with E-state index in [1.54, 1.807) is 0 Å². The second kappa shape index (κ2) is 12.1. The summed E-state index contributed by atoms with van der Waals surface area (Å²) in [5.74, 6) is 8.98. The van der Waals surface area contributed by atoms with Crippen LogP contribution >= 0.6 is 0 Å².